The van der Waals surface area contributed by atoms with Crippen LogP contribution in [-0.2, 0) is 4.79 Å². The van der Waals surface area contributed by atoms with Crippen LogP contribution in [-0.4, -0.2) is 26.1 Å². The summed E-state index contributed by atoms with van der Waals surface area (Å²) < 4.78 is 18.6. The number of methoxy groups -OCH3 is 1. The number of rotatable bonds is 3. The van der Waals surface area contributed by atoms with Crippen LogP contribution in [0.15, 0.2) is 18.2 Å². The molecule has 2 rings (SSSR count). The van der Waals surface area contributed by atoms with E-state index in [4.69, 9.17) is 4.74 Å². The number of carbonyl (C=O) groups is 1. The van der Waals surface area contributed by atoms with Crippen molar-refractivity contribution in [3.63, 3.8) is 0 Å². The molecule has 4 nitrogen and oxygen atoms in total. The highest BCUT2D eigenvalue weighted by atomic mass is 19.1. The normalized spacial score (nSPS) is 19.3. The smallest absolute Gasteiger partial charge is 0.228 e. The Hall–Kier alpha value is -1.62. The molecule has 0 bridgehead atoms. The first-order valence-electron chi connectivity index (χ1n) is 6.06. The second kappa shape index (κ2) is 5.82. The fourth-order valence-electron chi connectivity index (χ4n) is 2.04. The number of carbonyl (C=O) groups excluding carboxylic acids is 1. The number of halogens is 1. The molecule has 2 N–H and O–H groups in total. The van der Waals surface area contributed by atoms with E-state index in [-0.39, 0.29) is 17.5 Å². The van der Waals surface area contributed by atoms with E-state index >= 15 is 0 Å². The van der Waals surface area contributed by atoms with Gasteiger partial charge in [-0.3, -0.25) is 4.79 Å². The molecule has 0 unspecified atom stereocenters. The lowest BCUT2D eigenvalue weighted by atomic mass is 9.99. The maximum absolute atomic E-state index is 13.5. The third kappa shape index (κ3) is 2.98. The van der Waals surface area contributed by atoms with Crippen molar-refractivity contribution in [1.82, 2.24) is 5.32 Å². The SMILES string of the molecule is COc1ccc(F)c(NC(=O)[C@@H]2CCCNC2)c1. The van der Waals surface area contributed by atoms with Crippen molar-refractivity contribution in [3.05, 3.63) is 24.0 Å². The molecule has 1 heterocycles. The predicted octanol–water partition coefficient (Wildman–Crippen LogP) is 1.77. The Bertz CT molecular complexity index is 431. The fraction of sp³-hybridized carbons (Fsp3) is 0.462. The Morgan fingerprint density at radius 3 is 3.06 bits per heavy atom. The molecule has 0 aromatic heterocycles. The molecule has 0 saturated carbocycles. The van der Waals surface area contributed by atoms with Crippen LogP contribution in [0.3, 0.4) is 0 Å². The molecule has 0 spiro atoms. The summed E-state index contributed by atoms with van der Waals surface area (Å²) in [5.41, 5.74) is 0.171. The highest BCUT2D eigenvalue weighted by Crippen LogP contribution is 2.22. The minimum Gasteiger partial charge on any atom is -0.497 e. The van der Waals surface area contributed by atoms with Crippen molar-refractivity contribution in [2.24, 2.45) is 5.92 Å². The van der Waals surface area contributed by atoms with Crippen molar-refractivity contribution < 1.29 is 13.9 Å². The summed E-state index contributed by atoms with van der Waals surface area (Å²) in [6.45, 7) is 1.59. The molecule has 5 heteroatoms. The van der Waals surface area contributed by atoms with Gasteiger partial charge in [0.1, 0.15) is 11.6 Å². The van der Waals surface area contributed by atoms with Crippen LogP contribution in [0.2, 0.25) is 0 Å². The van der Waals surface area contributed by atoms with Crippen LogP contribution >= 0.6 is 0 Å². The molecule has 1 amide bonds. The van der Waals surface area contributed by atoms with Crippen molar-refractivity contribution in [1.29, 1.82) is 0 Å². The number of nitrogens with one attached hydrogen (secondary N) is 2. The van der Waals surface area contributed by atoms with Gasteiger partial charge in [-0.15, -0.1) is 0 Å². The zero-order valence-electron chi connectivity index (χ0n) is 10.3. The van der Waals surface area contributed by atoms with E-state index < -0.39 is 5.82 Å². The van der Waals surface area contributed by atoms with Gasteiger partial charge in [-0.2, -0.15) is 0 Å². The average molecular weight is 252 g/mol. The number of ether oxygens (including phenoxy) is 1. The molecule has 1 aromatic rings. The topological polar surface area (TPSA) is 50.4 Å². The van der Waals surface area contributed by atoms with Gasteiger partial charge in [0, 0.05) is 12.6 Å². The van der Waals surface area contributed by atoms with Gasteiger partial charge in [-0.25, -0.2) is 4.39 Å². The summed E-state index contributed by atoms with van der Waals surface area (Å²) in [4.78, 5) is 12.0. The van der Waals surface area contributed by atoms with Gasteiger partial charge in [-0.1, -0.05) is 0 Å². The first-order chi connectivity index (χ1) is 8.70. The number of anilines is 1. The largest absolute Gasteiger partial charge is 0.497 e. The number of piperidine rings is 1. The van der Waals surface area contributed by atoms with Gasteiger partial charge >= 0.3 is 0 Å². The zero-order chi connectivity index (χ0) is 13.0. The maximum Gasteiger partial charge on any atom is 0.228 e. The Morgan fingerprint density at radius 2 is 2.39 bits per heavy atom. The summed E-state index contributed by atoms with van der Waals surface area (Å²) >= 11 is 0. The van der Waals surface area contributed by atoms with E-state index in [0.717, 1.165) is 19.4 Å². The first kappa shape index (κ1) is 12.8. The third-order valence-electron chi connectivity index (χ3n) is 3.10. The minimum atomic E-state index is -0.451. The Kier molecular flexibility index (Phi) is 4.15. The van der Waals surface area contributed by atoms with Gasteiger partial charge in [0.25, 0.3) is 0 Å². The molecule has 1 atom stereocenters. The number of hydrogen-bond acceptors (Lipinski definition) is 3. The first-order valence-corrected chi connectivity index (χ1v) is 6.06. The number of hydrogen-bond donors (Lipinski definition) is 2. The molecule has 1 aliphatic rings. The summed E-state index contributed by atoms with van der Waals surface area (Å²) in [6.07, 6.45) is 1.81. The molecule has 18 heavy (non-hydrogen) atoms. The lowest BCUT2D eigenvalue weighted by Crippen LogP contribution is -2.37. The number of amides is 1. The van der Waals surface area contributed by atoms with E-state index in [9.17, 15) is 9.18 Å². The predicted molar refractivity (Wildman–Crippen MR) is 67.2 cm³/mol. The summed E-state index contributed by atoms with van der Waals surface area (Å²) in [6, 6.07) is 4.30. The fourth-order valence-corrected chi connectivity index (χ4v) is 2.04. The summed E-state index contributed by atoms with van der Waals surface area (Å²) in [5, 5.41) is 5.78. The Balaban J connectivity index is 2.05. The zero-order valence-corrected chi connectivity index (χ0v) is 10.3. The average Bonchev–Trinajstić information content (AvgIpc) is 2.42. The molecule has 1 aromatic carbocycles. The van der Waals surface area contributed by atoms with Gasteiger partial charge in [-0.05, 0) is 31.5 Å². The second-order valence-electron chi connectivity index (χ2n) is 4.38. The molecule has 1 fully saturated rings. The van der Waals surface area contributed by atoms with Crippen LogP contribution < -0.4 is 15.4 Å². The Morgan fingerprint density at radius 1 is 1.56 bits per heavy atom. The maximum atomic E-state index is 13.5. The van der Waals surface area contributed by atoms with Crippen LogP contribution in [0.1, 0.15) is 12.8 Å². The van der Waals surface area contributed by atoms with Crippen molar-refractivity contribution >= 4 is 11.6 Å². The second-order valence-corrected chi connectivity index (χ2v) is 4.38. The lowest BCUT2D eigenvalue weighted by Gasteiger charge is -2.22. The monoisotopic (exact) mass is 252 g/mol. The minimum absolute atomic E-state index is 0.0932. The van der Waals surface area contributed by atoms with Crippen LogP contribution in [0.5, 0.6) is 5.75 Å². The highest BCUT2D eigenvalue weighted by molar-refractivity contribution is 5.93. The molecule has 0 aliphatic carbocycles. The van der Waals surface area contributed by atoms with E-state index in [0.29, 0.717) is 12.3 Å². The summed E-state index contributed by atoms with van der Waals surface area (Å²) in [7, 11) is 1.50. The van der Waals surface area contributed by atoms with Gasteiger partial charge in [0.15, 0.2) is 0 Å². The van der Waals surface area contributed by atoms with Gasteiger partial charge in [0.2, 0.25) is 5.91 Å². The van der Waals surface area contributed by atoms with E-state index in [1.54, 1.807) is 0 Å². The Labute approximate surface area is 106 Å². The van der Waals surface area contributed by atoms with Crippen molar-refractivity contribution in [2.45, 2.75) is 12.8 Å². The van der Waals surface area contributed by atoms with Crippen LogP contribution in [0.25, 0.3) is 0 Å². The van der Waals surface area contributed by atoms with Crippen LogP contribution in [0.4, 0.5) is 10.1 Å². The molecular formula is C13H17FN2O2. The standard InChI is InChI=1S/C13H17FN2O2/c1-18-10-4-5-11(14)12(7-10)16-13(17)9-3-2-6-15-8-9/h4-5,7,9,15H,2-3,6,8H2,1H3,(H,16,17)/t9-/m1/s1. The van der Waals surface area contributed by atoms with Crippen molar-refractivity contribution in [3.8, 4) is 5.75 Å². The van der Waals surface area contributed by atoms with Gasteiger partial charge in [0.05, 0.1) is 18.7 Å². The molecular weight excluding hydrogens is 235 g/mol. The molecule has 0 radical (unpaired) electrons. The summed E-state index contributed by atoms with van der Waals surface area (Å²) in [5.74, 6) is -0.167. The molecule has 1 saturated heterocycles. The molecule has 1 aliphatic heterocycles. The van der Waals surface area contributed by atoms with E-state index in [1.807, 2.05) is 0 Å². The quantitative estimate of drug-likeness (QED) is 0.862. The number of benzene rings is 1. The third-order valence-corrected chi connectivity index (χ3v) is 3.10. The van der Waals surface area contributed by atoms with Crippen molar-refractivity contribution in [2.75, 3.05) is 25.5 Å². The lowest BCUT2D eigenvalue weighted by molar-refractivity contribution is -0.120. The van der Waals surface area contributed by atoms with Crippen LogP contribution in [0, 0.1) is 11.7 Å². The van der Waals surface area contributed by atoms with E-state index in [1.165, 1.54) is 25.3 Å². The highest BCUT2D eigenvalue weighted by Gasteiger charge is 2.21. The molecule has 98 valence electrons. The van der Waals surface area contributed by atoms with E-state index in [2.05, 4.69) is 10.6 Å². The van der Waals surface area contributed by atoms with Gasteiger partial charge < -0.3 is 15.4 Å².